The SMILES string of the molecule is CC(=O)Nc1ccc(CC(=O)O[C@@H](C)C(=O)NC[C@@H](C)c2ccccc2)cc1. The summed E-state index contributed by atoms with van der Waals surface area (Å²) in [4.78, 5) is 35.3. The number of carbonyl (C=O) groups is 3. The molecule has 0 saturated heterocycles. The number of benzene rings is 2. The number of amides is 2. The Bertz CT molecular complexity index is 803. The van der Waals surface area contributed by atoms with E-state index in [-0.39, 0.29) is 24.2 Å². The first kappa shape index (κ1) is 21.2. The number of hydrogen-bond donors (Lipinski definition) is 2. The van der Waals surface area contributed by atoms with Gasteiger partial charge in [-0.05, 0) is 36.1 Å². The van der Waals surface area contributed by atoms with E-state index in [9.17, 15) is 14.4 Å². The molecule has 6 heteroatoms. The maximum absolute atomic E-state index is 12.2. The minimum atomic E-state index is -0.867. The molecule has 0 aliphatic heterocycles. The molecule has 2 aromatic carbocycles. The summed E-state index contributed by atoms with van der Waals surface area (Å²) >= 11 is 0. The highest BCUT2D eigenvalue weighted by molar-refractivity contribution is 5.88. The van der Waals surface area contributed by atoms with Crippen molar-refractivity contribution in [2.75, 3.05) is 11.9 Å². The predicted molar refractivity (Wildman–Crippen MR) is 108 cm³/mol. The van der Waals surface area contributed by atoms with Crippen molar-refractivity contribution < 1.29 is 19.1 Å². The number of nitrogens with one attached hydrogen (secondary N) is 2. The fourth-order valence-corrected chi connectivity index (χ4v) is 2.67. The predicted octanol–water partition coefficient (Wildman–Crippen LogP) is 3.04. The molecule has 0 spiro atoms. The second-order valence-electron chi connectivity index (χ2n) is 6.74. The van der Waals surface area contributed by atoms with Gasteiger partial charge in [-0.25, -0.2) is 0 Å². The Morgan fingerprint density at radius 3 is 2.21 bits per heavy atom. The van der Waals surface area contributed by atoms with Gasteiger partial charge in [-0.15, -0.1) is 0 Å². The van der Waals surface area contributed by atoms with Gasteiger partial charge < -0.3 is 15.4 Å². The molecule has 0 saturated carbocycles. The molecule has 0 aromatic heterocycles. The summed E-state index contributed by atoms with van der Waals surface area (Å²) in [5.74, 6) is -0.799. The van der Waals surface area contributed by atoms with E-state index in [1.54, 1.807) is 31.2 Å². The Hall–Kier alpha value is -3.15. The smallest absolute Gasteiger partial charge is 0.311 e. The Morgan fingerprint density at radius 1 is 0.964 bits per heavy atom. The van der Waals surface area contributed by atoms with Gasteiger partial charge in [0.1, 0.15) is 0 Å². The van der Waals surface area contributed by atoms with Crippen molar-refractivity contribution in [2.45, 2.75) is 39.2 Å². The zero-order valence-corrected chi connectivity index (χ0v) is 16.4. The molecule has 0 unspecified atom stereocenters. The van der Waals surface area contributed by atoms with Crippen LogP contribution < -0.4 is 10.6 Å². The Balaban J connectivity index is 1.77. The molecule has 0 radical (unpaired) electrons. The van der Waals surface area contributed by atoms with Crippen LogP contribution in [0.25, 0.3) is 0 Å². The molecule has 0 bridgehead atoms. The number of rotatable bonds is 8. The third kappa shape index (κ3) is 6.87. The molecule has 2 aromatic rings. The van der Waals surface area contributed by atoms with E-state index in [4.69, 9.17) is 4.74 Å². The fourth-order valence-electron chi connectivity index (χ4n) is 2.67. The third-order valence-electron chi connectivity index (χ3n) is 4.25. The number of hydrogen-bond acceptors (Lipinski definition) is 4. The summed E-state index contributed by atoms with van der Waals surface area (Å²) < 4.78 is 5.23. The highest BCUT2D eigenvalue weighted by Gasteiger charge is 2.18. The first-order chi connectivity index (χ1) is 13.3. The Kier molecular flexibility index (Phi) is 7.75. The van der Waals surface area contributed by atoms with Crippen LogP contribution in [0.2, 0.25) is 0 Å². The number of esters is 1. The van der Waals surface area contributed by atoms with Crippen LogP contribution in [0.4, 0.5) is 5.69 Å². The lowest BCUT2D eigenvalue weighted by Crippen LogP contribution is -2.37. The molecule has 148 valence electrons. The van der Waals surface area contributed by atoms with Gasteiger partial charge in [-0.2, -0.15) is 0 Å². The minimum Gasteiger partial charge on any atom is -0.452 e. The molecule has 2 rings (SSSR count). The summed E-state index contributed by atoms with van der Waals surface area (Å²) in [7, 11) is 0. The topological polar surface area (TPSA) is 84.5 Å². The zero-order valence-electron chi connectivity index (χ0n) is 16.4. The summed E-state index contributed by atoms with van der Waals surface area (Å²) in [6, 6.07) is 16.8. The molecular weight excluding hydrogens is 356 g/mol. The Morgan fingerprint density at radius 2 is 1.61 bits per heavy atom. The molecule has 6 nitrogen and oxygen atoms in total. The maximum Gasteiger partial charge on any atom is 0.311 e. The lowest BCUT2D eigenvalue weighted by molar-refractivity contribution is -0.154. The van der Waals surface area contributed by atoms with E-state index < -0.39 is 12.1 Å². The molecule has 0 aliphatic rings. The van der Waals surface area contributed by atoms with Crippen molar-refractivity contribution in [3.8, 4) is 0 Å². The highest BCUT2D eigenvalue weighted by atomic mass is 16.5. The molecule has 0 heterocycles. The van der Waals surface area contributed by atoms with Crippen molar-refractivity contribution in [3.63, 3.8) is 0 Å². The summed E-state index contributed by atoms with van der Waals surface area (Å²) in [5.41, 5.74) is 2.53. The van der Waals surface area contributed by atoms with Crippen LogP contribution in [-0.4, -0.2) is 30.4 Å². The van der Waals surface area contributed by atoms with Crippen molar-refractivity contribution in [2.24, 2.45) is 0 Å². The van der Waals surface area contributed by atoms with E-state index >= 15 is 0 Å². The number of carbonyl (C=O) groups excluding carboxylic acids is 3. The van der Waals surface area contributed by atoms with Crippen molar-refractivity contribution in [1.29, 1.82) is 0 Å². The van der Waals surface area contributed by atoms with Crippen LogP contribution in [0.3, 0.4) is 0 Å². The van der Waals surface area contributed by atoms with Crippen LogP contribution in [0.15, 0.2) is 54.6 Å². The van der Waals surface area contributed by atoms with Gasteiger partial charge in [0.25, 0.3) is 5.91 Å². The van der Waals surface area contributed by atoms with Gasteiger partial charge in [-0.3, -0.25) is 14.4 Å². The van der Waals surface area contributed by atoms with Gasteiger partial charge >= 0.3 is 5.97 Å². The normalized spacial score (nSPS) is 12.5. The summed E-state index contributed by atoms with van der Waals surface area (Å²) in [6.07, 6.45) is -0.813. The second kappa shape index (κ2) is 10.3. The molecule has 0 fully saturated rings. The van der Waals surface area contributed by atoms with Gasteiger partial charge in [-0.1, -0.05) is 49.4 Å². The lowest BCUT2D eigenvalue weighted by Gasteiger charge is -2.16. The summed E-state index contributed by atoms with van der Waals surface area (Å²) in [6.45, 7) is 5.48. The monoisotopic (exact) mass is 382 g/mol. The average Bonchev–Trinajstić information content (AvgIpc) is 2.67. The lowest BCUT2D eigenvalue weighted by atomic mass is 10.0. The van der Waals surface area contributed by atoms with Crippen LogP contribution >= 0.6 is 0 Å². The fraction of sp³-hybridized carbons (Fsp3) is 0.318. The standard InChI is InChI=1S/C22H26N2O4/c1-15(19-7-5-4-6-8-19)14-23-22(27)16(2)28-21(26)13-18-9-11-20(12-10-18)24-17(3)25/h4-12,15-16H,13-14H2,1-3H3,(H,23,27)(H,24,25)/t15-,16+/m1/s1. The molecule has 28 heavy (non-hydrogen) atoms. The van der Waals surface area contributed by atoms with Crippen LogP contribution in [0.1, 0.15) is 37.8 Å². The van der Waals surface area contributed by atoms with E-state index in [1.807, 2.05) is 37.3 Å². The van der Waals surface area contributed by atoms with E-state index in [1.165, 1.54) is 6.92 Å². The van der Waals surface area contributed by atoms with Gasteiger partial charge in [0, 0.05) is 19.2 Å². The average molecular weight is 382 g/mol. The molecular formula is C22H26N2O4. The second-order valence-corrected chi connectivity index (χ2v) is 6.74. The minimum absolute atomic E-state index is 0.0540. The first-order valence-corrected chi connectivity index (χ1v) is 9.24. The summed E-state index contributed by atoms with van der Waals surface area (Å²) in [5, 5.41) is 5.48. The maximum atomic E-state index is 12.2. The van der Waals surface area contributed by atoms with Gasteiger partial charge in [0.2, 0.25) is 5.91 Å². The molecule has 2 atom stereocenters. The number of anilines is 1. The highest BCUT2D eigenvalue weighted by Crippen LogP contribution is 2.13. The molecule has 2 amide bonds. The van der Waals surface area contributed by atoms with Crippen molar-refractivity contribution >= 4 is 23.5 Å². The Labute approximate surface area is 165 Å². The van der Waals surface area contributed by atoms with Gasteiger partial charge in [0.05, 0.1) is 6.42 Å². The largest absolute Gasteiger partial charge is 0.452 e. The molecule has 0 aliphatic carbocycles. The van der Waals surface area contributed by atoms with E-state index in [0.717, 1.165) is 11.1 Å². The van der Waals surface area contributed by atoms with Crippen LogP contribution in [0.5, 0.6) is 0 Å². The van der Waals surface area contributed by atoms with Crippen LogP contribution in [-0.2, 0) is 25.5 Å². The van der Waals surface area contributed by atoms with E-state index in [2.05, 4.69) is 10.6 Å². The number of ether oxygens (including phenoxy) is 1. The first-order valence-electron chi connectivity index (χ1n) is 9.24. The quantitative estimate of drug-likeness (QED) is 0.688. The van der Waals surface area contributed by atoms with Crippen molar-refractivity contribution in [1.82, 2.24) is 5.32 Å². The van der Waals surface area contributed by atoms with Gasteiger partial charge in [0.15, 0.2) is 6.10 Å². The third-order valence-corrected chi connectivity index (χ3v) is 4.25. The van der Waals surface area contributed by atoms with E-state index in [0.29, 0.717) is 12.2 Å². The van der Waals surface area contributed by atoms with Crippen LogP contribution in [0, 0.1) is 0 Å². The van der Waals surface area contributed by atoms with Crippen molar-refractivity contribution in [3.05, 3.63) is 65.7 Å². The zero-order chi connectivity index (χ0) is 20.5. The molecule has 2 N–H and O–H groups in total.